The van der Waals surface area contributed by atoms with Gasteiger partial charge in [-0.05, 0) is 18.1 Å². The lowest BCUT2D eigenvalue weighted by Gasteiger charge is -2.12. The van der Waals surface area contributed by atoms with Gasteiger partial charge in [-0.2, -0.15) is 0 Å². The molecule has 0 aliphatic carbocycles. The molecule has 0 amide bonds. The molecule has 2 N–H and O–H groups in total. The van der Waals surface area contributed by atoms with Gasteiger partial charge < -0.3 is 5.11 Å². The monoisotopic (exact) mass is 291 g/mol. The lowest BCUT2D eigenvalue weighted by atomic mass is 10.0. The van der Waals surface area contributed by atoms with Crippen molar-refractivity contribution >= 4 is 21.4 Å². The van der Waals surface area contributed by atoms with Crippen LogP contribution >= 0.6 is 11.3 Å². The van der Waals surface area contributed by atoms with E-state index in [1.165, 1.54) is 11.3 Å². The Morgan fingerprint density at radius 1 is 1.33 bits per heavy atom. The van der Waals surface area contributed by atoms with Crippen LogP contribution in [0.5, 0.6) is 0 Å². The second-order valence-corrected chi connectivity index (χ2v) is 7.39. The van der Waals surface area contributed by atoms with E-state index in [2.05, 4.69) is 18.6 Å². The van der Waals surface area contributed by atoms with Crippen molar-refractivity contribution in [1.82, 2.24) is 4.72 Å². The highest BCUT2D eigenvalue weighted by Crippen LogP contribution is 2.22. The standard InChI is InChI=1S/C12H21NO3S2/c1-3-10(4-2)9-13-18(15,16)12-6-5-11(17-12)7-8-14/h5-6,10,13-14H,3-4,7-9H2,1-2H3. The highest BCUT2D eigenvalue weighted by atomic mass is 32.2. The minimum absolute atomic E-state index is 0.0428. The van der Waals surface area contributed by atoms with Crippen molar-refractivity contribution < 1.29 is 13.5 Å². The van der Waals surface area contributed by atoms with Crippen LogP contribution in [-0.2, 0) is 16.4 Å². The third-order valence-corrected chi connectivity index (χ3v) is 6.04. The van der Waals surface area contributed by atoms with Crippen molar-refractivity contribution in [2.75, 3.05) is 13.2 Å². The van der Waals surface area contributed by atoms with Crippen molar-refractivity contribution in [3.8, 4) is 0 Å². The second kappa shape index (κ2) is 7.23. The maximum absolute atomic E-state index is 12.0. The molecule has 0 bridgehead atoms. The number of thiophene rings is 1. The van der Waals surface area contributed by atoms with E-state index in [0.717, 1.165) is 17.7 Å². The smallest absolute Gasteiger partial charge is 0.250 e. The van der Waals surface area contributed by atoms with E-state index in [4.69, 9.17) is 5.11 Å². The minimum atomic E-state index is -3.39. The second-order valence-electron chi connectivity index (χ2n) is 4.23. The van der Waals surface area contributed by atoms with Gasteiger partial charge in [0.25, 0.3) is 0 Å². The van der Waals surface area contributed by atoms with E-state index in [1.807, 2.05) is 0 Å². The molecule has 0 aromatic carbocycles. The van der Waals surface area contributed by atoms with Crippen molar-refractivity contribution in [2.45, 2.75) is 37.3 Å². The molecule has 6 heteroatoms. The Bertz CT molecular complexity index is 450. The van der Waals surface area contributed by atoms with Crippen molar-refractivity contribution in [3.05, 3.63) is 17.0 Å². The summed E-state index contributed by atoms with van der Waals surface area (Å²) in [5.41, 5.74) is 0. The molecule has 0 saturated carbocycles. The number of aliphatic hydroxyl groups excluding tert-OH is 1. The van der Waals surface area contributed by atoms with Crippen molar-refractivity contribution in [2.24, 2.45) is 5.92 Å². The fourth-order valence-corrected chi connectivity index (χ4v) is 4.13. The molecule has 0 unspecified atom stereocenters. The van der Waals surface area contributed by atoms with Gasteiger partial charge in [0.1, 0.15) is 4.21 Å². The largest absolute Gasteiger partial charge is 0.396 e. The molecule has 18 heavy (non-hydrogen) atoms. The van der Waals surface area contributed by atoms with Gasteiger partial charge in [-0.1, -0.05) is 26.7 Å². The van der Waals surface area contributed by atoms with E-state index >= 15 is 0 Å². The SMILES string of the molecule is CCC(CC)CNS(=O)(=O)c1ccc(CCO)s1. The summed E-state index contributed by atoms with van der Waals surface area (Å²) in [5.74, 6) is 0.386. The van der Waals surface area contributed by atoms with Gasteiger partial charge in [0.05, 0.1) is 0 Å². The zero-order valence-electron chi connectivity index (χ0n) is 10.8. The molecule has 1 heterocycles. The molecule has 1 aromatic rings. The number of hydrogen-bond donors (Lipinski definition) is 2. The first kappa shape index (κ1) is 15.6. The van der Waals surface area contributed by atoms with Crippen molar-refractivity contribution in [3.63, 3.8) is 0 Å². The molecule has 104 valence electrons. The van der Waals surface area contributed by atoms with Crippen LogP contribution in [0, 0.1) is 5.92 Å². The summed E-state index contributed by atoms with van der Waals surface area (Å²) in [6.07, 6.45) is 2.45. The normalized spacial score (nSPS) is 12.2. The molecule has 0 spiro atoms. The van der Waals surface area contributed by atoms with E-state index in [1.54, 1.807) is 12.1 Å². The molecule has 1 rings (SSSR count). The molecular weight excluding hydrogens is 270 g/mol. The van der Waals surface area contributed by atoms with Crippen LogP contribution in [0.4, 0.5) is 0 Å². The molecule has 0 radical (unpaired) electrons. The summed E-state index contributed by atoms with van der Waals surface area (Å²) >= 11 is 1.22. The zero-order valence-corrected chi connectivity index (χ0v) is 12.5. The summed E-state index contributed by atoms with van der Waals surface area (Å²) in [7, 11) is -3.39. The first-order chi connectivity index (χ1) is 8.53. The molecule has 1 aromatic heterocycles. The van der Waals surface area contributed by atoms with Crippen LogP contribution < -0.4 is 4.72 Å². The molecule has 0 saturated heterocycles. The van der Waals surface area contributed by atoms with Crippen LogP contribution in [0.15, 0.2) is 16.3 Å². The van der Waals surface area contributed by atoms with Gasteiger partial charge in [-0.25, -0.2) is 13.1 Å². The predicted molar refractivity (Wildman–Crippen MR) is 74.4 cm³/mol. The first-order valence-corrected chi connectivity index (χ1v) is 8.52. The minimum Gasteiger partial charge on any atom is -0.396 e. The Hall–Kier alpha value is -0.430. The van der Waals surface area contributed by atoms with Crippen LogP contribution in [0.3, 0.4) is 0 Å². The molecule has 0 aliphatic heterocycles. The maximum Gasteiger partial charge on any atom is 0.250 e. The van der Waals surface area contributed by atoms with Gasteiger partial charge in [0, 0.05) is 24.4 Å². The number of nitrogens with one attached hydrogen (secondary N) is 1. The number of hydrogen-bond acceptors (Lipinski definition) is 4. The average Bonchev–Trinajstić information content (AvgIpc) is 2.80. The number of aliphatic hydroxyl groups is 1. The number of sulfonamides is 1. The van der Waals surface area contributed by atoms with Crippen molar-refractivity contribution in [1.29, 1.82) is 0 Å². The van der Waals surface area contributed by atoms with Crippen LogP contribution in [0.2, 0.25) is 0 Å². The van der Waals surface area contributed by atoms with Gasteiger partial charge >= 0.3 is 0 Å². The van der Waals surface area contributed by atoms with Gasteiger partial charge in [-0.3, -0.25) is 0 Å². The Kier molecular flexibility index (Phi) is 6.28. The maximum atomic E-state index is 12.0. The topological polar surface area (TPSA) is 66.4 Å². The van der Waals surface area contributed by atoms with E-state index in [0.29, 0.717) is 23.1 Å². The fraction of sp³-hybridized carbons (Fsp3) is 0.667. The molecule has 0 aliphatic rings. The van der Waals surface area contributed by atoms with Gasteiger partial charge in [-0.15, -0.1) is 11.3 Å². The van der Waals surface area contributed by atoms with Crippen LogP contribution in [0.25, 0.3) is 0 Å². The Labute approximate surface area is 113 Å². The third kappa shape index (κ3) is 4.35. The molecule has 0 atom stereocenters. The van der Waals surface area contributed by atoms with E-state index in [-0.39, 0.29) is 6.61 Å². The van der Waals surface area contributed by atoms with E-state index in [9.17, 15) is 8.42 Å². The highest BCUT2D eigenvalue weighted by Gasteiger charge is 2.17. The highest BCUT2D eigenvalue weighted by molar-refractivity contribution is 7.91. The summed E-state index contributed by atoms with van der Waals surface area (Å²) in [6, 6.07) is 3.36. The molecular formula is C12H21NO3S2. The summed E-state index contributed by atoms with van der Waals surface area (Å²) in [5, 5.41) is 8.81. The zero-order chi connectivity index (χ0) is 13.6. The Balaban J connectivity index is 2.67. The predicted octanol–water partition coefficient (Wildman–Crippen LogP) is 2.00. The molecule has 4 nitrogen and oxygen atoms in total. The molecule has 0 fully saturated rings. The fourth-order valence-electron chi connectivity index (χ4n) is 1.62. The lowest BCUT2D eigenvalue weighted by molar-refractivity contribution is 0.300. The van der Waals surface area contributed by atoms with Crippen LogP contribution in [0.1, 0.15) is 31.6 Å². The third-order valence-electron chi connectivity index (χ3n) is 2.98. The average molecular weight is 291 g/mol. The number of rotatable bonds is 8. The lowest BCUT2D eigenvalue weighted by Crippen LogP contribution is -2.28. The van der Waals surface area contributed by atoms with Gasteiger partial charge in [0.15, 0.2) is 0 Å². The summed E-state index contributed by atoms with van der Waals surface area (Å²) in [6.45, 7) is 4.66. The Morgan fingerprint density at radius 3 is 2.56 bits per heavy atom. The summed E-state index contributed by atoms with van der Waals surface area (Å²) < 4.78 is 27.0. The van der Waals surface area contributed by atoms with Gasteiger partial charge in [0.2, 0.25) is 10.0 Å². The van der Waals surface area contributed by atoms with Crippen LogP contribution in [-0.4, -0.2) is 26.7 Å². The quantitative estimate of drug-likeness (QED) is 0.770. The summed E-state index contributed by atoms with van der Waals surface area (Å²) in [4.78, 5) is 0.889. The van der Waals surface area contributed by atoms with E-state index < -0.39 is 10.0 Å². The first-order valence-electron chi connectivity index (χ1n) is 6.22. The Morgan fingerprint density at radius 2 is 2.00 bits per heavy atom.